The number of amides is 1. The maximum Gasteiger partial charge on any atom is 0.413 e. The number of rotatable bonds is 3. The van der Waals surface area contributed by atoms with E-state index in [2.05, 4.69) is 26.2 Å². The highest BCUT2D eigenvalue weighted by Gasteiger charge is 2.12. The third kappa shape index (κ3) is 3.42. The van der Waals surface area contributed by atoms with Gasteiger partial charge >= 0.3 is 6.09 Å². The lowest BCUT2D eigenvalue weighted by Crippen LogP contribution is -2.13. The number of carbonyl (C=O) groups excluding carboxylic acids is 1. The molecule has 0 saturated heterocycles. The summed E-state index contributed by atoms with van der Waals surface area (Å²) in [6, 6.07) is 12.1. The lowest BCUT2D eigenvalue weighted by molar-refractivity contribution is 0.155. The standard InChI is InChI=1S/C15H10BrFN2O2S/c16-11-6-10(17)7-12-13(11)18-14(22-12)19-15(20)21-8-9-4-2-1-3-5-9/h1-7H,8H2,(H,18,19,20). The number of carbonyl (C=O) groups is 1. The van der Waals surface area contributed by atoms with Gasteiger partial charge in [-0.05, 0) is 33.6 Å². The molecule has 7 heteroatoms. The molecule has 0 spiro atoms. The van der Waals surface area contributed by atoms with Crippen molar-refractivity contribution in [2.45, 2.75) is 6.61 Å². The van der Waals surface area contributed by atoms with Crippen LogP contribution < -0.4 is 5.32 Å². The molecule has 1 amide bonds. The van der Waals surface area contributed by atoms with Crippen molar-refractivity contribution in [3.05, 3.63) is 58.3 Å². The molecule has 1 N–H and O–H groups in total. The van der Waals surface area contributed by atoms with Crippen molar-refractivity contribution in [2.24, 2.45) is 0 Å². The lowest BCUT2D eigenvalue weighted by atomic mass is 10.2. The number of fused-ring (bicyclic) bond motifs is 1. The fourth-order valence-electron chi connectivity index (χ4n) is 1.86. The zero-order valence-corrected chi connectivity index (χ0v) is 13.6. The number of nitrogens with zero attached hydrogens (tertiary/aromatic N) is 1. The molecule has 0 saturated carbocycles. The van der Waals surface area contributed by atoms with E-state index in [1.165, 1.54) is 23.5 Å². The Morgan fingerprint density at radius 3 is 2.86 bits per heavy atom. The second-order valence-electron chi connectivity index (χ2n) is 4.44. The average Bonchev–Trinajstić information content (AvgIpc) is 2.89. The van der Waals surface area contributed by atoms with E-state index < -0.39 is 6.09 Å². The smallest absolute Gasteiger partial charge is 0.413 e. The molecule has 0 fully saturated rings. The molecule has 0 radical (unpaired) electrons. The van der Waals surface area contributed by atoms with Crippen LogP contribution in [0.2, 0.25) is 0 Å². The van der Waals surface area contributed by atoms with Crippen LogP contribution in [0.15, 0.2) is 46.9 Å². The first-order valence-corrected chi connectivity index (χ1v) is 7.96. The highest BCUT2D eigenvalue weighted by molar-refractivity contribution is 9.10. The van der Waals surface area contributed by atoms with Crippen LogP contribution in [0.3, 0.4) is 0 Å². The number of nitrogens with one attached hydrogen (secondary N) is 1. The Balaban J connectivity index is 1.68. The second kappa shape index (κ2) is 6.41. The molecule has 1 heterocycles. The summed E-state index contributed by atoms with van der Waals surface area (Å²) in [7, 11) is 0. The molecule has 112 valence electrons. The Labute approximate surface area is 138 Å². The van der Waals surface area contributed by atoms with E-state index in [0.717, 1.165) is 5.56 Å². The van der Waals surface area contributed by atoms with Gasteiger partial charge in [-0.3, -0.25) is 5.32 Å². The Morgan fingerprint density at radius 1 is 1.32 bits per heavy atom. The predicted molar refractivity (Wildman–Crippen MR) is 87.5 cm³/mol. The van der Waals surface area contributed by atoms with E-state index in [-0.39, 0.29) is 12.4 Å². The zero-order chi connectivity index (χ0) is 15.5. The van der Waals surface area contributed by atoms with Gasteiger partial charge in [-0.15, -0.1) is 0 Å². The van der Waals surface area contributed by atoms with Gasteiger partial charge in [0.05, 0.1) is 10.2 Å². The third-order valence-corrected chi connectivity index (χ3v) is 4.36. The van der Waals surface area contributed by atoms with Crippen LogP contribution in [0.5, 0.6) is 0 Å². The number of hydrogen-bond acceptors (Lipinski definition) is 4. The molecule has 22 heavy (non-hydrogen) atoms. The van der Waals surface area contributed by atoms with Crippen LogP contribution in [0, 0.1) is 5.82 Å². The fourth-order valence-corrected chi connectivity index (χ4v) is 3.41. The Bertz CT molecular complexity index is 823. The Kier molecular flexibility index (Phi) is 4.35. The normalized spacial score (nSPS) is 10.6. The molecule has 4 nitrogen and oxygen atoms in total. The van der Waals surface area contributed by atoms with Crippen LogP contribution in [-0.4, -0.2) is 11.1 Å². The maximum atomic E-state index is 13.3. The van der Waals surface area contributed by atoms with Gasteiger partial charge in [0.15, 0.2) is 5.13 Å². The Morgan fingerprint density at radius 2 is 2.09 bits per heavy atom. The van der Waals surface area contributed by atoms with Crippen LogP contribution in [0.25, 0.3) is 10.2 Å². The summed E-state index contributed by atoms with van der Waals surface area (Å²) in [4.78, 5) is 16.0. The summed E-state index contributed by atoms with van der Waals surface area (Å²) in [5.74, 6) is -0.360. The molecule has 2 aromatic carbocycles. The minimum Gasteiger partial charge on any atom is -0.444 e. The quantitative estimate of drug-likeness (QED) is 0.699. The molecule has 3 aromatic rings. The van der Waals surface area contributed by atoms with Gasteiger partial charge in [0, 0.05) is 4.47 Å². The molecule has 0 bridgehead atoms. The average molecular weight is 381 g/mol. The van der Waals surface area contributed by atoms with Crippen molar-refractivity contribution in [3.8, 4) is 0 Å². The van der Waals surface area contributed by atoms with Crippen LogP contribution in [0.4, 0.5) is 14.3 Å². The monoisotopic (exact) mass is 380 g/mol. The summed E-state index contributed by atoms with van der Waals surface area (Å²) >= 11 is 4.43. The molecular weight excluding hydrogens is 371 g/mol. The number of thiazole rings is 1. The summed E-state index contributed by atoms with van der Waals surface area (Å²) < 4.78 is 19.6. The van der Waals surface area contributed by atoms with Crippen molar-refractivity contribution in [2.75, 3.05) is 5.32 Å². The zero-order valence-electron chi connectivity index (χ0n) is 11.2. The molecule has 0 unspecified atom stereocenters. The summed E-state index contributed by atoms with van der Waals surface area (Å²) in [5.41, 5.74) is 1.50. The van der Waals surface area contributed by atoms with Gasteiger partial charge in [0.2, 0.25) is 0 Å². The van der Waals surface area contributed by atoms with Gasteiger partial charge in [-0.2, -0.15) is 0 Å². The molecule has 0 aliphatic heterocycles. The number of anilines is 1. The topological polar surface area (TPSA) is 51.2 Å². The molecule has 0 aliphatic carbocycles. The number of halogens is 2. The largest absolute Gasteiger partial charge is 0.444 e. The lowest BCUT2D eigenvalue weighted by Gasteiger charge is -2.04. The first-order chi connectivity index (χ1) is 10.6. The summed E-state index contributed by atoms with van der Waals surface area (Å²) in [6.45, 7) is 0.176. The highest BCUT2D eigenvalue weighted by Crippen LogP contribution is 2.32. The minimum absolute atomic E-state index is 0.176. The van der Waals surface area contributed by atoms with Crippen molar-refractivity contribution in [3.63, 3.8) is 0 Å². The van der Waals surface area contributed by atoms with E-state index in [4.69, 9.17) is 4.74 Å². The van der Waals surface area contributed by atoms with E-state index in [1.807, 2.05) is 30.3 Å². The fraction of sp³-hybridized carbons (Fsp3) is 0.0667. The first-order valence-electron chi connectivity index (χ1n) is 6.35. The van der Waals surface area contributed by atoms with Crippen LogP contribution in [0.1, 0.15) is 5.56 Å². The third-order valence-electron chi connectivity index (χ3n) is 2.83. The maximum absolute atomic E-state index is 13.3. The minimum atomic E-state index is -0.598. The summed E-state index contributed by atoms with van der Waals surface area (Å²) in [5, 5.41) is 2.91. The van der Waals surface area contributed by atoms with E-state index >= 15 is 0 Å². The van der Waals surface area contributed by atoms with Gasteiger partial charge in [-0.1, -0.05) is 41.7 Å². The summed E-state index contributed by atoms with van der Waals surface area (Å²) in [6.07, 6.45) is -0.598. The van der Waals surface area contributed by atoms with Crippen LogP contribution in [-0.2, 0) is 11.3 Å². The van der Waals surface area contributed by atoms with Crippen LogP contribution >= 0.6 is 27.3 Å². The number of aromatic nitrogens is 1. The predicted octanol–water partition coefficient (Wildman–Crippen LogP) is 4.95. The van der Waals surface area contributed by atoms with Crippen molar-refractivity contribution < 1.29 is 13.9 Å². The highest BCUT2D eigenvalue weighted by atomic mass is 79.9. The van der Waals surface area contributed by atoms with Crippen molar-refractivity contribution in [1.29, 1.82) is 0 Å². The van der Waals surface area contributed by atoms with E-state index in [0.29, 0.717) is 19.8 Å². The number of benzene rings is 2. The molecule has 3 rings (SSSR count). The van der Waals surface area contributed by atoms with Gasteiger partial charge < -0.3 is 4.74 Å². The van der Waals surface area contributed by atoms with Crippen molar-refractivity contribution >= 4 is 48.7 Å². The molecule has 1 aromatic heterocycles. The van der Waals surface area contributed by atoms with Gasteiger partial charge in [0.25, 0.3) is 0 Å². The number of ether oxygens (including phenoxy) is 1. The number of hydrogen-bond donors (Lipinski definition) is 1. The molecule has 0 atom stereocenters. The SMILES string of the molecule is O=C(Nc1nc2c(Br)cc(F)cc2s1)OCc1ccccc1. The van der Waals surface area contributed by atoms with Gasteiger partial charge in [0.1, 0.15) is 12.4 Å². The van der Waals surface area contributed by atoms with Crippen molar-refractivity contribution in [1.82, 2.24) is 4.98 Å². The molecular formula is C15H10BrFN2O2S. The second-order valence-corrected chi connectivity index (χ2v) is 6.33. The van der Waals surface area contributed by atoms with E-state index in [9.17, 15) is 9.18 Å². The van der Waals surface area contributed by atoms with E-state index in [1.54, 1.807) is 0 Å². The van der Waals surface area contributed by atoms with Gasteiger partial charge in [-0.25, -0.2) is 14.2 Å². The molecule has 0 aliphatic rings. The Hall–Kier alpha value is -1.99. The first kappa shape index (κ1) is 14.9.